The summed E-state index contributed by atoms with van der Waals surface area (Å²) in [5.74, 6) is 0.424. The Morgan fingerprint density at radius 1 is 1.54 bits per heavy atom. The molecule has 1 saturated carbocycles. The van der Waals surface area contributed by atoms with Crippen molar-refractivity contribution in [2.45, 2.75) is 45.1 Å². The standard InChI is InChI=1S/C11H19NO/c1-9(13)11(5-6-11)8-10-4-3-7-12(10)2/h10H,3-8H2,1-2H3. The van der Waals surface area contributed by atoms with Gasteiger partial charge in [-0.25, -0.2) is 0 Å². The highest BCUT2D eigenvalue weighted by Crippen LogP contribution is 2.51. The maximum Gasteiger partial charge on any atom is 0.136 e. The van der Waals surface area contributed by atoms with Crippen LogP contribution in [0.5, 0.6) is 0 Å². The minimum atomic E-state index is 0.114. The first-order chi connectivity index (χ1) is 6.14. The van der Waals surface area contributed by atoms with Gasteiger partial charge in [0.05, 0.1) is 0 Å². The minimum Gasteiger partial charge on any atom is -0.303 e. The molecule has 2 aliphatic rings. The zero-order chi connectivity index (χ0) is 9.47. The van der Waals surface area contributed by atoms with Gasteiger partial charge in [0.2, 0.25) is 0 Å². The Bertz CT molecular complexity index is 220. The van der Waals surface area contributed by atoms with Gasteiger partial charge in [0.25, 0.3) is 0 Å². The van der Waals surface area contributed by atoms with Gasteiger partial charge in [-0.2, -0.15) is 0 Å². The maximum absolute atomic E-state index is 11.4. The Hall–Kier alpha value is -0.370. The third-order valence-electron chi connectivity index (χ3n) is 3.90. The fourth-order valence-corrected chi connectivity index (χ4v) is 2.54. The van der Waals surface area contributed by atoms with Crippen LogP contribution in [-0.4, -0.2) is 30.3 Å². The summed E-state index contributed by atoms with van der Waals surface area (Å²) in [4.78, 5) is 13.8. The molecule has 1 heterocycles. The van der Waals surface area contributed by atoms with Crippen molar-refractivity contribution in [3.63, 3.8) is 0 Å². The van der Waals surface area contributed by atoms with E-state index in [2.05, 4.69) is 11.9 Å². The van der Waals surface area contributed by atoms with E-state index >= 15 is 0 Å². The second-order valence-electron chi connectivity index (χ2n) is 4.82. The normalized spacial score (nSPS) is 32.0. The van der Waals surface area contributed by atoms with Crippen LogP contribution < -0.4 is 0 Å². The number of carbonyl (C=O) groups is 1. The molecule has 1 atom stereocenters. The molecular weight excluding hydrogens is 162 g/mol. The molecule has 1 aliphatic carbocycles. The van der Waals surface area contributed by atoms with Crippen LogP contribution >= 0.6 is 0 Å². The average Bonchev–Trinajstić information content (AvgIpc) is 2.74. The highest BCUT2D eigenvalue weighted by Gasteiger charge is 2.49. The Kier molecular flexibility index (Phi) is 2.18. The first kappa shape index (κ1) is 9.20. The molecule has 13 heavy (non-hydrogen) atoms. The van der Waals surface area contributed by atoms with Crippen LogP contribution in [0, 0.1) is 5.41 Å². The number of rotatable bonds is 3. The van der Waals surface area contributed by atoms with Crippen molar-refractivity contribution in [2.24, 2.45) is 5.41 Å². The van der Waals surface area contributed by atoms with Crippen molar-refractivity contribution in [3.8, 4) is 0 Å². The summed E-state index contributed by atoms with van der Waals surface area (Å²) in [5.41, 5.74) is 0.114. The van der Waals surface area contributed by atoms with Crippen LogP contribution in [0.25, 0.3) is 0 Å². The van der Waals surface area contributed by atoms with Crippen LogP contribution in [0.1, 0.15) is 39.0 Å². The topological polar surface area (TPSA) is 20.3 Å². The van der Waals surface area contributed by atoms with Crippen molar-refractivity contribution >= 4 is 5.78 Å². The number of nitrogens with zero attached hydrogens (tertiary/aromatic N) is 1. The van der Waals surface area contributed by atoms with Gasteiger partial charge >= 0.3 is 0 Å². The lowest BCUT2D eigenvalue weighted by Crippen LogP contribution is -2.30. The van der Waals surface area contributed by atoms with Crippen molar-refractivity contribution in [3.05, 3.63) is 0 Å². The molecule has 0 amide bonds. The molecule has 74 valence electrons. The molecule has 2 rings (SSSR count). The van der Waals surface area contributed by atoms with Crippen LogP contribution in [0.2, 0.25) is 0 Å². The Balaban J connectivity index is 1.94. The van der Waals surface area contributed by atoms with Gasteiger partial charge in [-0.1, -0.05) is 0 Å². The molecule has 1 unspecified atom stereocenters. The van der Waals surface area contributed by atoms with Gasteiger partial charge in [0, 0.05) is 11.5 Å². The van der Waals surface area contributed by atoms with Gasteiger partial charge < -0.3 is 4.90 Å². The molecule has 2 nitrogen and oxygen atoms in total. The number of Topliss-reactive ketones (excluding diaryl/α,β-unsaturated/α-hetero) is 1. The second kappa shape index (κ2) is 3.09. The number of hydrogen-bond acceptors (Lipinski definition) is 2. The lowest BCUT2D eigenvalue weighted by atomic mass is 9.92. The molecule has 0 aromatic rings. The molecule has 0 bridgehead atoms. The highest BCUT2D eigenvalue weighted by atomic mass is 16.1. The average molecular weight is 181 g/mol. The molecule has 0 radical (unpaired) electrons. The van der Waals surface area contributed by atoms with E-state index in [4.69, 9.17) is 0 Å². The molecule has 0 N–H and O–H groups in total. The monoisotopic (exact) mass is 181 g/mol. The number of hydrogen-bond donors (Lipinski definition) is 0. The Labute approximate surface area is 80.3 Å². The van der Waals surface area contributed by atoms with Gasteiger partial charge in [0.1, 0.15) is 5.78 Å². The zero-order valence-electron chi connectivity index (χ0n) is 8.68. The van der Waals surface area contributed by atoms with Crippen molar-refractivity contribution < 1.29 is 4.79 Å². The first-order valence-electron chi connectivity index (χ1n) is 5.35. The smallest absolute Gasteiger partial charge is 0.136 e. The van der Waals surface area contributed by atoms with Crippen molar-refractivity contribution in [1.29, 1.82) is 0 Å². The number of carbonyl (C=O) groups excluding carboxylic acids is 1. The van der Waals surface area contributed by atoms with E-state index in [0.717, 1.165) is 19.3 Å². The maximum atomic E-state index is 11.4. The van der Waals surface area contributed by atoms with E-state index < -0.39 is 0 Å². The Morgan fingerprint density at radius 2 is 2.23 bits per heavy atom. The third-order valence-corrected chi connectivity index (χ3v) is 3.90. The van der Waals surface area contributed by atoms with Crippen LogP contribution in [0.15, 0.2) is 0 Å². The molecule has 1 saturated heterocycles. The summed E-state index contributed by atoms with van der Waals surface area (Å²) < 4.78 is 0. The predicted octanol–water partition coefficient (Wildman–Crippen LogP) is 1.84. The van der Waals surface area contributed by atoms with Crippen LogP contribution in [0.4, 0.5) is 0 Å². The molecule has 0 spiro atoms. The minimum absolute atomic E-state index is 0.114. The summed E-state index contributed by atoms with van der Waals surface area (Å²) in [6, 6.07) is 0.686. The molecule has 0 aromatic heterocycles. The van der Waals surface area contributed by atoms with E-state index in [-0.39, 0.29) is 5.41 Å². The molecule has 1 aliphatic heterocycles. The van der Waals surface area contributed by atoms with E-state index in [1.165, 1.54) is 19.4 Å². The van der Waals surface area contributed by atoms with E-state index in [0.29, 0.717) is 11.8 Å². The van der Waals surface area contributed by atoms with E-state index in [9.17, 15) is 4.79 Å². The molecule has 2 heteroatoms. The second-order valence-corrected chi connectivity index (χ2v) is 4.82. The Morgan fingerprint density at radius 3 is 2.62 bits per heavy atom. The quantitative estimate of drug-likeness (QED) is 0.662. The summed E-state index contributed by atoms with van der Waals surface area (Å²) >= 11 is 0. The van der Waals surface area contributed by atoms with Gasteiger partial charge in [0.15, 0.2) is 0 Å². The summed E-state index contributed by atoms with van der Waals surface area (Å²) in [5, 5.41) is 0. The lowest BCUT2D eigenvalue weighted by molar-refractivity contribution is -0.122. The van der Waals surface area contributed by atoms with Crippen LogP contribution in [-0.2, 0) is 4.79 Å². The molecule has 2 fully saturated rings. The predicted molar refractivity (Wildman–Crippen MR) is 52.6 cm³/mol. The van der Waals surface area contributed by atoms with Crippen molar-refractivity contribution in [2.75, 3.05) is 13.6 Å². The number of ketones is 1. The van der Waals surface area contributed by atoms with Gasteiger partial charge in [-0.3, -0.25) is 4.79 Å². The SMILES string of the molecule is CC(=O)C1(CC2CCCN2C)CC1. The van der Waals surface area contributed by atoms with Crippen molar-refractivity contribution in [1.82, 2.24) is 4.90 Å². The van der Waals surface area contributed by atoms with Gasteiger partial charge in [-0.15, -0.1) is 0 Å². The van der Waals surface area contributed by atoms with E-state index in [1.54, 1.807) is 6.92 Å². The van der Waals surface area contributed by atoms with E-state index in [1.807, 2.05) is 0 Å². The summed E-state index contributed by atoms with van der Waals surface area (Å²) in [6.45, 7) is 2.99. The first-order valence-corrected chi connectivity index (χ1v) is 5.35. The fraction of sp³-hybridized carbons (Fsp3) is 0.909. The summed E-state index contributed by atoms with van der Waals surface area (Å²) in [7, 11) is 2.19. The molecular formula is C11H19NO. The molecule has 0 aromatic carbocycles. The third kappa shape index (κ3) is 1.64. The lowest BCUT2D eigenvalue weighted by Gasteiger charge is -2.23. The largest absolute Gasteiger partial charge is 0.303 e. The van der Waals surface area contributed by atoms with Crippen LogP contribution in [0.3, 0.4) is 0 Å². The highest BCUT2D eigenvalue weighted by molar-refractivity contribution is 5.85. The zero-order valence-corrected chi connectivity index (χ0v) is 8.68. The van der Waals surface area contributed by atoms with Gasteiger partial charge in [-0.05, 0) is 52.6 Å². The number of likely N-dealkylation sites (tertiary alicyclic amines) is 1. The summed E-state index contributed by atoms with van der Waals surface area (Å²) in [6.07, 6.45) is 6.03. The fourth-order valence-electron chi connectivity index (χ4n) is 2.54.